The number of amides is 1. The van der Waals surface area contributed by atoms with Crippen molar-refractivity contribution in [1.29, 1.82) is 0 Å². The van der Waals surface area contributed by atoms with Crippen molar-refractivity contribution >= 4 is 16.3 Å². The minimum atomic E-state index is -3.63. The Kier molecular flexibility index (Phi) is 5.82. The maximum absolute atomic E-state index is 12.0. The highest BCUT2D eigenvalue weighted by molar-refractivity contribution is 7.87. The van der Waals surface area contributed by atoms with Crippen LogP contribution < -0.4 is 9.44 Å². The first-order valence-electron chi connectivity index (χ1n) is 7.30. The minimum absolute atomic E-state index is 0.277. The molecule has 0 aliphatic carbocycles. The van der Waals surface area contributed by atoms with Crippen molar-refractivity contribution in [3.8, 4) is 0 Å². The number of carbonyl (C=O) groups is 1. The number of nitrogens with one attached hydrogen (secondary N) is 2. The first-order chi connectivity index (χ1) is 9.88. The molecule has 1 fully saturated rings. The van der Waals surface area contributed by atoms with Crippen LogP contribution in [-0.2, 0) is 14.9 Å². The van der Waals surface area contributed by atoms with Gasteiger partial charge in [-0.05, 0) is 40.5 Å². The number of ether oxygens (including phenoxy) is 1. The fourth-order valence-electron chi connectivity index (χ4n) is 2.24. The predicted octanol–water partition coefficient (Wildman–Crippen LogP) is 0.191. The third-order valence-corrected chi connectivity index (χ3v) is 4.89. The summed E-state index contributed by atoms with van der Waals surface area (Å²) in [4.78, 5) is 13.5. The Labute approximate surface area is 132 Å². The molecule has 1 rings (SSSR count). The minimum Gasteiger partial charge on any atom is -0.444 e. The summed E-state index contributed by atoms with van der Waals surface area (Å²) in [5.41, 5.74) is -1.76. The average Bonchev–Trinajstić information content (AvgIpc) is 2.37. The molecule has 1 amide bonds. The smallest absolute Gasteiger partial charge is 0.410 e. The number of aliphatic hydroxyl groups is 1. The second-order valence-corrected chi connectivity index (χ2v) is 8.27. The van der Waals surface area contributed by atoms with Crippen molar-refractivity contribution in [3.63, 3.8) is 0 Å². The molecule has 9 heteroatoms. The molecular formula is C13H27N3O5S. The second-order valence-electron chi connectivity index (χ2n) is 6.62. The SMILES string of the molecule is CNS(=O)(=O)NC(C)C1(O)CCN(C(=O)OC(C)(C)C)CC1. The summed E-state index contributed by atoms with van der Waals surface area (Å²) >= 11 is 0. The van der Waals surface area contributed by atoms with Gasteiger partial charge in [-0.25, -0.2) is 9.52 Å². The monoisotopic (exact) mass is 337 g/mol. The van der Waals surface area contributed by atoms with Gasteiger partial charge in [0.1, 0.15) is 5.60 Å². The molecule has 130 valence electrons. The summed E-state index contributed by atoms with van der Waals surface area (Å²) in [7, 11) is -2.33. The van der Waals surface area contributed by atoms with Crippen LogP contribution in [0.1, 0.15) is 40.5 Å². The van der Waals surface area contributed by atoms with E-state index in [1.807, 2.05) is 0 Å². The summed E-state index contributed by atoms with van der Waals surface area (Å²) < 4.78 is 32.8. The first-order valence-corrected chi connectivity index (χ1v) is 8.78. The summed E-state index contributed by atoms with van der Waals surface area (Å²) in [5.74, 6) is 0. The quantitative estimate of drug-likeness (QED) is 0.679. The highest BCUT2D eigenvalue weighted by Crippen LogP contribution is 2.27. The molecule has 8 nitrogen and oxygen atoms in total. The number of piperidine rings is 1. The zero-order valence-corrected chi connectivity index (χ0v) is 14.7. The van der Waals surface area contributed by atoms with Gasteiger partial charge in [0.05, 0.1) is 5.60 Å². The molecule has 1 saturated heterocycles. The van der Waals surface area contributed by atoms with Gasteiger partial charge in [0.15, 0.2) is 0 Å². The van der Waals surface area contributed by atoms with E-state index in [1.165, 1.54) is 11.9 Å². The van der Waals surface area contributed by atoms with Crippen LogP contribution in [0.4, 0.5) is 4.79 Å². The van der Waals surface area contributed by atoms with Crippen LogP contribution in [-0.4, -0.2) is 61.9 Å². The van der Waals surface area contributed by atoms with Crippen LogP contribution in [0.5, 0.6) is 0 Å². The lowest BCUT2D eigenvalue weighted by Crippen LogP contribution is -2.58. The van der Waals surface area contributed by atoms with Gasteiger partial charge in [-0.15, -0.1) is 0 Å². The van der Waals surface area contributed by atoms with Gasteiger partial charge in [-0.1, -0.05) is 0 Å². The lowest BCUT2D eigenvalue weighted by atomic mass is 9.86. The molecule has 0 spiro atoms. The molecule has 1 aliphatic heterocycles. The molecule has 0 aromatic rings. The zero-order valence-electron chi connectivity index (χ0n) is 13.8. The van der Waals surface area contributed by atoms with Crippen LogP contribution in [0, 0.1) is 0 Å². The summed E-state index contributed by atoms with van der Waals surface area (Å²) in [6, 6.07) is -0.661. The van der Waals surface area contributed by atoms with E-state index in [0.29, 0.717) is 13.1 Å². The maximum Gasteiger partial charge on any atom is 0.410 e. The van der Waals surface area contributed by atoms with Gasteiger partial charge < -0.3 is 14.7 Å². The largest absolute Gasteiger partial charge is 0.444 e. The Morgan fingerprint density at radius 1 is 1.32 bits per heavy atom. The van der Waals surface area contributed by atoms with E-state index in [4.69, 9.17) is 4.74 Å². The van der Waals surface area contributed by atoms with E-state index in [1.54, 1.807) is 27.7 Å². The third kappa shape index (κ3) is 5.38. The van der Waals surface area contributed by atoms with E-state index >= 15 is 0 Å². The van der Waals surface area contributed by atoms with Crippen LogP contribution in [0.3, 0.4) is 0 Å². The molecule has 1 aliphatic rings. The number of likely N-dealkylation sites (tertiary alicyclic amines) is 1. The number of rotatable bonds is 4. The van der Waals surface area contributed by atoms with E-state index in [0.717, 1.165) is 0 Å². The highest BCUT2D eigenvalue weighted by atomic mass is 32.2. The van der Waals surface area contributed by atoms with Crippen molar-refractivity contribution in [3.05, 3.63) is 0 Å². The highest BCUT2D eigenvalue weighted by Gasteiger charge is 2.40. The van der Waals surface area contributed by atoms with Crippen molar-refractivity contribution < 1.29 is 23.1 Å². The predicted molar refractivity (Wildman–Crippen MR) is 82.6 cm³/mol. The molecular weight excluding hydrogens is 310 g/mol. The fourth-order valence-corrected chi connectivity index (χ4v) is 3.04. The fraction of sp³-hybridized carbons (Fsp3) is 0.923. The molecule has 0 aromatic heterocycles. The molecule has 0 radical (unpaired) electrons. The first kappa shape index (κ1) is 19.1. The topological polar surface area (TPSA) is 108 Å². The van der Waals surface area contributed by atoms with Gasteiger partial charge >= 0.3 is 6.09 Å². The van der Waals surface area contributed by atoms with Gasteiger partial charge in [-0.3, -0.25) is 0 Å². The van der Waals surface area contributed by atoms with E-state index in [-0.39, 0.29) is 12.8 Å². The molecule has 22 heavy (non-hydrogen) atoms. The normalized spacial score (nSPS) is 20.5. The lowest BCUT2D eigenvalue weighted by molar-refractivity contribution is -0.0466. The maximum atomic E-state index is 12.0. The lowest BCUT2D eigenvalue weighted by Gasteiger charge is -2.41. The third-order valence-electron chi connectivity index (χ3n) is 3.69. The van der Waals surface area contributed by atoms with Crippen molar-refractivity contribution in [2.45, 2.75) is 57.8 Å². The van der Waals surface area contributed by atoms with Gasteiger partial charge in [0.2, 0.25) is 0 Å². The van der Waals surface area contributed by atoms with E-state index < -0.39 is 33.5 Å². The molecule has 1 atom stereocenters. The van der Waals surface area contributed by atoms with Crippen LogP contribution >= 0.6 is 0 Å². The molecule has 0 bridgehead atoms. The van der Waals surface area contributed by atoms with Crippen molar-refractivity contribution in [2.24, 2.45) is 0 Å². The molecule has 0 saturated carbocycles. The van der Waals surface area contributed by atoms with Gasteiger partial charge in [0.25, 0.3) is 10.2 Å². The number of carbonyl (C=O) groups excluding carboxylic acids is 1. The van der Waals surface area contributed by atoms with Crippen LogP contribution in [0.2, 0.25) is 0 Å². The summed E-state index contributed by atoms with van der Waals surface area (Å²) in [6.07, 6.45) is 0.136. The second kappa shape index (κ2) is 6.69. The number of hydrogen-bond donors (Lipinski definition) is 3. The van der Waals surface area contributed by atoms with Crippen molar-refractivity contribution in [1.82, 2.24) is 14.3 Å². The Morgan fingerprint density at radius 3 is 2.23 bits per heavy atom. The van der Waals surface area contributed by atoms with Gasteiger partial charge in [0, 0.05) is 26.2 Å². The van der Waals surface area contributed by atoms with Crippen LogP contribution in [0.25, 0.3) is 0 Å². The van der Waals surface area contributed by atoms with Crippen LogP contribution in [0.15, 0.2) is 0 Å². The molecule has 3 N–H and O–H groups in total. The van der Waals surface area contributed by atoms with Crippen molar-refractivity contribution in [2.75, 3.05) is 20.1 Å². The zero-order chi connectivity index (χ0) is 17.2. The molecule has 1 unspecified atom stereocenters. The Hall–Kier alpha value is -0.900. The van der Waals surface area contributed by atoms with E-state index in [9.17, 15) is 18.3 Å². The Morgan fingerprint density at radius 2 is 1.82 bits per heavy atom. The van der Waals surface area contributed by atoms with E-state index in [2.05, 4.69) is 9.44 Å². The Bertz CT molecular complexity index is 492. The number of hydrogen-bond acceptors (Lipinski definition) is 5. The summed E-state index contributed by atoms with van der Waals surface area (Å²) in [6.45, 7) is 7.62. The standard InChI is InChI=1S/C13H27N3O5S/c1-10(15-22(19,20)14-5)13(18)6-8-16(9-7-13)11(17)21-12(2,3)4/h10,14-15,18H,6-9H2,1-5H3. The van der Waals surface area contributed by atoms with Gasteiger partial charge in [-0.2, -0.15) is 13.1 Å². The summed E-state index contributed by atoms with van der Waals surface area (Å²) in [5, 5.41) is 10.6. The Balaban J connectivity index is 2.61. The molecule has 1 heterocycles. The molecule has 0 aromatic carbocycles. The average molecular weight is 337 g/mol. The number of nitrogens with zero attached hydrogens (tertiary/aromatic N) is 1.